The maximum atomic E-state index is 4.59. The molecule has 0 unspecified atom stereocenters. The van der Waals surface area contributed by atoms with Crippen LogP contribution in [0.5, 0.6) is 0 Å². The van der Waals surface area contributed by atoms with E-state index in [4.69, 9.17) is 0 Å². The van der Waals surface area contributed by atoms with Crippen LogP contribution in [-0.2, 0) is 0 Å². The lowest BCUT2D eigenvalue weighted by Crippen LogP contribution is -1.92. The Balaban J connectivity index is 1.52. The molecule has 162 valence electrons. The molecule has 0 amide bonds. The molecule has 0 fully saturated rings. The highest BCUT2D eigenvalue weighted by Gasteiger charge is 2.08. The fourth-order valence-corrected chi connectivity index (χ4v) is 3.91. The molecule has 0 aliphatic carbocycles. The monoisotopic (exact) mass is 436 g/mol. The van der Waals surface area contributed by atoms with Crippen LogP contribution < -0.4 is 0 Å². The summed E-state index contributed by atoms with van der Waals surface area (Å²) in [7, 11) is 0. The Hall–Kier alpha value is -4.56. The third-order valence-electron chi connectivity index (χ3n) is 5.61. The van der Waals surface area contributed by atoms with E-state index in [0.29, 0.717) is 0 Å². The summed E-state index contributed by atoms with van der Waals surface area (Å²) < 4.78 is 0. The number of hydrogen-bond acceptors (Lipinski definition) is 2. The number of hydrogen-bond donors (Lipinski definition) is 0. The predicted molar refractivity (Wildman–Crippen MR) is 142 cm³/mol. The van der Waals surface area contributed by atoms with Crippen LogP contribution in [0, 0.1) is 0 Å². The molecular formula is C32H24N2. The SMILES string of the molecule is C(=C(c1ccccc1)c1ccccn1)c1ccc(C=C(c2ccccc2)c2ccccn2)cc1. The summed E-state index contributed by atoms with van der Waals surface area (Å²) in [6.45, 7) is 0. The standard InChI is InChI=1S/C32H24N2/c1-3-11-27(12-4-1)29(31-15-7-9-21-33-31)23-25-17-19-26(20-18-25)24-30(28-13-5-2-6-14-28)32-16-8-10-22-34-32/h1-24H. The molecule has 0 atom stereocenters. The molecule has 2 heterocycles. The van der Waals surface area contributed by atoms with Crippen molar-refractivity contribution < 1.29 is 0 Å². The Morgan fingerprint density at radius 2 is 0.794 bits per heavy atom. The molecule has 2 heteroatoms. The van der Waals surface area contributed by atoms with Gasteiger partial charge in [0.1, 0.15) is 0 Å². The zero-order valence-electron chi connectivity index (χ0n) is 18.8. The van der Waals surface area contributed by atoms with E-state index in [2.05, 4.69) is 107 Å². The van der Waals surface area contributed by atoms with Gasteiger partial charge in [0.15, 0.2) is 0 Å². The van der Waals surface area contributed by atoms with E-state index >= 15 is 0 Å². The summed E-state index contributed by atoms with van der Waals surface area (Å²) in [5, 5.41) is 0. The summed E-state index contributed by atoms with van der Waals surface area (Å²) in [5.41, 5.74) is 8.66. The van der Waals surface area contributed by atoms with Crippen LogP contribution in [0.15, 0.2) is 134 Å². The lowest BCUT2D eigenvalue weighted by Gasteiger charge is -2.09. The number of rotatable bonds is 6. The Bertz CT molecular complexity index is 1190. The molecule has 0 spiro atoms. The van der Waals surface area contributed by atoms with Crippen LogP contribution >= 0.6 is 0 Å². The quantitative estimate of drug-likeness (QED) is 0.255. The third-order valence-corrected chi connectivity index (χ3v) is 5.61. The maximum absolute atomic E-state index is 4.59. The summed E-state index contributed by atoms with van der Waals surface area (Å²) in [5.74, 6) is 0. The smallest absolute Gasteiger partial charge is 0.0708 e. The summed E-state index contributed by atoms with van der Waals surface area (Å²) in [6, 6.07) is 41.4. The van der Waals surface area contributed by atoms with Gasteiger partial charge in [-0.3, -0.25) is 9.97 Å². The van der Waals surface area contributed by atoms with Gasteiger partial charge in [-0.25, -0.2) is 0 Å². The molecule has 2 nitrogen and oxygen atoms in total. The second-order valence-corrected chi connectivity index (χ2v) is 7.94. The van der Waals surface area contributed by atoms with E-state index in [-0.39, 0.29) is 0 Å². The van der Waals surface area contributed by atoms with E-state index in [1.807, 2.05) is 48.8 Å². The summed E-state index contributed by atoms with van der Waals surface area (Å²) in [6.07, 6.45) is 8.06. The fourth-order valence-electron chi connectivity index (χ4n) is 3.91. The second-order valence-electron chi connectivity index (χ2n) is 7.94. The second kappa shape index (κ2) is 10.4. The first-order valence-corrected chi connectivity index (χ1v) is 11.3. The first kappa shape index (κ1) is 21.3. The number of benzene rings is 3. The minimum absolute atomic E-state index is 0.958. The summed E-state index contributed by atoms with van der Waals surface area (Å²) >= 11 is 0. The summed E-state index contributed by atoms with van der Waals surface area (Å²) in [4.78, 5) is 9.18. The molecule has 0 saturated heterocycles. The number of pyridine rings is 2. The molecule has 5 aromatic rings. The van der Waals surface area contributed by atoms with Crippen LogP contribution in [0.25, 0.3) is 23.3 Å². The highest BCUT2D eigenvalue weighted by atomic mass is 14.7. The number of nitrogens with zero attached hydrogens (tertiary/aromatic N) is 2. The van der Waals surface area contributed by atoms with Crippen LogP contribution in [0.3, 0.4) is 0 Å². The fraction of sp³-hybridized carbons (Fsp3) is 0. The Morgan fingerprint density at radius 3 is 1.15 bits per heavy atom. The topological polar surface area (TPSA) is 25.8 Å². The van der Waals surface area contributed by atoms with Crippen molar-refractivity contribution >= 4 is 23.3 Å². The first-order valence-electron chi connectivity index (χ1n) is 11.3. The van der Waals surface area contributed by atoms with Gasteiger partial charge in [-0.15, -0.1) is 0 Å². The highest BCUT2D eigenvalue weighted by molar-refractivity contribution is 5.92. The lowest BCUT2D eigenvalue weighted by atomic mass is 9.97. The minimum Gasteiger partial charge on any atom is -0.256 e. The van der Waals surface area contributed by atoms with Gasteiger partial charge >= 0.3 is 0 Å². The van der Waals surface area contributed by atoms with Crippen molar-refractivity contribution in [2.24, 2.45) is 0 Å². The van der Waals surface area contributed by atoms with Crippen molar-refractivity contribution in [2.75, 3.05) is 0 Å². The highest BCUT2D eigenvalue weighted by Crippen LogP contribution is 2.27. The molecular weight excluding hydrogens is 412 g/mol. The van der Waals surface area contributed by atoms with Crippen molar-refractivity contribution in [1.82, 2.24) is 9.97 Å². The van der Waals surface area contributed by atoms with Crippen LogP contribution in [0.4, 0.5) is 0 Å². The van der Waals surface area contributed by atoms with Gasteiger partial charge in [-0.05, 0) is 58.7 Å². The maximum Gasteiger partial charge on any atom is 0.0708 e. The van der Waals surface area contributed by atoms with Crippen LogP contribution in [0.1, 0.15) is 33.6 Å². The zero-order valence-corrected chi connectivity index (χ0v) is 18.8. The first-order chi connectivity index (χ1) is 16.9. The molecule has 3 aromatic carbocycles. The van der Waals surface area contributed by atoms with E-state index in [0.717, 1.165) is 44.8 Å². The van der Waals surface area contributed by atoms with Gasteiger partial charge in [0.25, 0.3) is 0 Å². The van der Waals surface area contributed by atoms with Crippen molar-refractivity contribution in [3.63, 3.8) is 0 Å². The zero-order chi connectivity index (χ0) is 23.0. The molecule has 0 aliphatic heterocycles. The van der Waals surface area contributed by atoms with Gasteiger partial charge < -0.3 is 0 Å². The van der Waals surface area contributed by atoms with Gasteiger partial charge in [0.2, 0.25) is 0 Å². The lowest BCUT2D eigenvalue weighted by molar-refractivity contribution is 1.27. The molecule has 0 saturated carbocycles. The van der Waals surface area contributed by atoms with E-state index in [1.165, 1.54) is 0 Å². The molecule has 5 rings (SSSR count). The van der Waals surface area contributed by atoms with Crippen LogP contribution in [-0.4, -0.2) is 9.97 Å². The van der Waals surface area contributed by atoms with Crippen molar-refractivity contribution in [3.05, 3.63) is 167 Å². The van der Waals surface area contributed by atoms with Crippen molar-refractivity contribution in [1.29, 1.82) is 0 Å². The third kappa shape index (κ3) is 5.08. The Labute approximate surface area is 200 Å². The average Bonchev–Trinajstić information content (AvgIpc) is 2.93. The van der Waals surface area contributed by atoms with Crippen LogP contribution in [0.2, 0.25) is 0 Å². The van der Waals surface area contributed by atoms with Gasteiger partial charge in [-0.1, -0.05) is 97.1 Å². The van der Waals surface area contributed by atoms with Crippen molar-refractivity contribution in [2.45, 2.75) is 0 Å². The van der Waals surface area contributed by atoms with E-state index in [9.17, 15) is 0 Å². The molecule has 2 aromatic heterocycles. The Morgan fingerprint density at radius 1 is 0.412 bits per heavy atom. The average molecular weight is 437 g/mol. The Kier molecular flexibility index (Phi) is 6.50. The molecule has 0 N–H and O–H groups in total. The van der Waals surface area contributed by atoms with Gasteiger partial charge in [0.05, 0.1) is 11.4 Å². The number of aromatic nitrogens is 2. The van der Waals surface area contributed by atoms with Gasteiger partial charge in [-0.2, -0.15) is 0 Å². The van der Waals surface area contributed by atoms with Crippen molar-refractivity contribution in [3.8, 4) is 0 Å². The minimum atomic E-state index is 0.958. The molecule has 0 bridgehead atoms. The van der Waals surface area contributed by atoms with E-state index < -0.39 is 0 Å². The van der Waals surface area contributed by atoms with E-state index in [1.54, 1.807) is 0 Å². The molecule has 34 heavy (non-hydrogen) atoms. The predicted octanol–water partition coefficient (Wildman–Crippen LogP) is 7.65. The van der Waals surface area contributed by atoms with Gasteiger partial charge in [0, 0.05) is 23.5 Å². The largest absolute Gasteiger partial charge is 0.256 e. The molecule has 0 radical (unpaired) electrons. The normalized spacial score (nSPS) is 11.9. The molecule has 0 aliphatic rings.